The molecule has 0 unspecified atom stereocenters. The Balaban J connectivity index is 1.87. The lowest BCUT2D eigenvalue weighted by Gasteiger charge is -2.19. The van der Waals surface area contributed by atoms with Crippen molar-refractivity contribution in [2.24, 2.45) is 0 Å². The number of nitrogens with one attached hydrogen (secondary N) is 1. The molecule has 156 valence electrons. The minimum Gasteiger partial charge on any atom is -0.495 e. The molecule has 0 saturated carbocycles. The first-order valence-corrected chi connectivity index (χ1v) is 10.8. The molecule has 0 atom stereocenters. The Bertz CT molecular complexity index is 1130. The first kappa shape index (κ1) is 21.5. The van der Waals surface area contributed by atoms with Gasteiger partial charge in [-0.05, 0) is 42.8 Å². The van der Waals surface area contributed by atoms with Crippen molar-refractivity contribution >= 4 is 21.6 Å². The lowest BCUT2D eigenvalue weighted by atomic mass is 10.1. The number of methoxy groups -OCH3 is 1. The molecule has 0 aliphatic heterocycles. The predicted octanol–water partition coefficient (Wildman–Crippen LogP) is 4.08. The fourth-order valence-corrected chi connectivity index (χ4v) is 4.14. The number of rotatable bonds is 7. The van der Waals surface area contributed by atoms with Crippen LogP contribution in [0.3, 0.4) is 0 Å². The highest BCUT2D eigenvalue weighted by Gasteiger charge is 2.23. The number of hydrogen-bond donors (Lipinski definition) is 1. The smallest absolute Gasteiger partial charge is 0.255 e. The molecule has 7 heteroatoms. The fourth-order valence-electron chi connectivity index (χ4n) is 2.95. The maximum absolute atomic E-state index is 13.1. The van der Waals surface area contributed by atoms with Crippen LogP contribution in [0.2, 0.25) is 0 Å². The van der Waals surface area contributed by atoms with Crippen LogP contribution in [-0.4, -0.2) is 32.8 Å². The van der Waals surface area contributed by atoms with Gasteiger partial charge in [0.05, 0.1) is 17.7 Å². The molecule has 0 saturated heterocycles. The van der Waals surface area contributed by atoms with E-state index in [-0.39, 0.29) is 23.0 Å². The van der Waals surface area contributed by atoms with Gasteiger partial charge in [-0.15, -0.1) is 0 Å². The third kappa shape index (κ3) is 4.87. The van der Waals surface area contributed by atoms with Crippen LogP contribution in [0.25, 0.3) is 0 Å². The van der Waals surface area contributed by atoms with Crippen molar-refractivity contribution in [1.29, 1.82) is 0 Å². The van der Waals surface area contributed by atoms with Gasteiger partial charge in [0, 0.05) is 19.2 Å². The average molecular weight is 425 g/mol. The lowest BCUT2D eigenvalue weighted by molar-refractivity contribution is 0.102. The molecule has 0 fully saturated rings. The highest BCUT2D eigenvalue weighted by atomic mass is 32.2. The van der Waals surface area contributed by atoms with Crippen molar-refractivity contribution < 1.29 is 17.9 Å². The highest BCUT2D eigenvalue weighted by molar-refractivity contribution is 7.89. The quantitative estimate of drug-likeness (QED) is 0.620. The summed E-state index contributed by atoms with van der Waals surface area (Å²) in [5.41, 5.74) is 2.68. The zero-order valence-electron chi connectivity index (χ0n) is 17.1. The number of hydrogen-bond acceptors (Lipinski definition) is 4. The molecule has 0 spiro atoms. The molecule has 3 aromatic rings. The molecule has 0 aliphatic rings. The number of carbonyl (C=O) groups excluding carboxylic acids is 1. The minimum absolute atomic E-state index is 0.0703. The molecule has 1 amide bonds. The van der Waals surface area contributed by atoms with Crippen molar-refractivity contribution in [3.63, 3.8) is 0 Å². The van der Waals surface area contributed by atoms with Crippen LogP contribution >= 0.6 is 0 Å². The van der Waals surface area contributed by atoms with E-state index in [0.29, 0.717) is 11.3 Å². The third-order valence-electron chi connectivity index (χ3n) is 4.69. The molecule has 0 aliphatic carbocycles. The Morgan fingerprint density at radius 1 is 1.00 bits per heavy atom. The van der Waals surface area contributed by atoms with Gasteiger partial charge < -0.3 is 10.1 Å². The number of aryl methyl sites for hydroxylation is 1. The number of ether oxygens (including phenoxy) is 1. The molecular weight excluding hydrogens is 400 g/mol. The summed E-state index contributed by atoms with van der Waals surface area (Å²) in [6.45, 7) is 2.17. The molecule has 30 heavy (non-hydrogen) atoms. The maximum Gasteiger partial charge on any atom is 0.255 e. The molecule has 3 rings (SSSR count). The Kier molecular flexibility index (Phi) is 6.54. The van der Waals surface area contributed by atoms with Gasteiger partial charge in [-0.2, -0.15) is 4.31 Å². The number of anilines is 1. The zero-order chi connectivity index (χ0) is 21.7. The predicted molar refractivity (Wildman–Crippen MR) is 117 cm³/mol. The molecule has 0 aromatic heterocycles. The molecule has 3 aromatic carbocycles. The van der Waals surface area contributed by atoms with E-state index in [9.17, 15) is 13.2 Å². The van der Waals surface area contributed by atoms with E-state index in [1.807, 2.05) is 49.4 Å². The summed E-state index contributed by atoms with van der Waals surface area (Å²) in [6.07, 6.45) is 0. The summed E-state index contributed by atoms with van der Waals surface area (Å²) in [7, 11) is -0.774. The Morgan fingerprint density at radius 3 is 2.30 bits per heavy atom. The summed E-state index contributed by atoms with van der Waals surface area (Å²) in [6, 6.07) is 20.9. The first-order chi connectivity index (χ1) is 14.3. The van der Waals surface area contributed by atoms with Crippen molar-refractivity contribution in [2.75, 3.05) is 19.5 Å². The number of carbonyl (C=O) groups is 1. The summed E-state index contributed by atoms with van der Waals surface area (Å²) in [5.74, 6) is 0.0283. The summed E-state index contributed by atoms with van der Waals surface area (Å²) in [5, 5.41) is 2.75. The SMILES string of the molecule is COc1ccc(S(=O)(=O)N(C)Cc2ccccc2)cc1NC(=O)c1ccc(C)cc1. The van der Waals surface area contributed by atoms with Gasteiger partial charge in [-0.3, -0.25) is 4.79 Å². The average Bonchev–Trinajstić information content (AvgIpc) is 2.74. The van der Waals surface area contributed by atoms with Gasteiger partial charge in [-0.1, -0.05) is 48.0 Å². The topological polar surface area (TPSA) is 75.7 Å². The molecule has 6 nitrogen and oxygen atoms in total. The van der Waals surface area contributed by atoms with Crippen LogP contribution in [0.4, 0.5) is 5.69 Å². The monoisotopic (exact) mass is 424 g/mol. The van der Waals surface area contributed by atoms with E-state index in [2.05, 4.69) is 5.32 Å². The van der Waals surface area contributed by atoms with Gasteiger partial charge in [0.1, 0.15) is 5.75 Å². The van der Waals surface area contributed by atoms with Gasteiger partial charge in [-0.25, -0.2) is 8.42 Å². The fraction of sp³-hybridized carbons (Fsp3) is 0.174. The van der Waals surface area contributed by atoms with E-state index < -0.39 is 10.0 Å². The van der Waals surface area contributed by atoms with Gasteiger partial charge in [0.25, 0.3) is 5.91 Å². The van der Waals surface area contributed by atoms with Crippen LogP contribution < -0.4 is 10.1 Å². The van der Waals surface area contributed by atoms with E-state index in [4.69, 9.17) is 4.74 Å². The normalized spacial score (nSPS) is 11.3. The van der Waals surface area contributed by atoms with Gasteiger partial charge >= 0.3 is 0 Å². The largest absolute Gasteiger partial charge is 0.495 e. The summed E-state index contributed by atoms with van der Waals surface area (Å²) >= 11 is 0. The summed E-state index contributed by atoms with van der Waals surface area (Å²) < 4.78 is 32.7. The van der Waals surface area contributed by atoms with E-state index >= 15 is 0 Å². The van der Waals surface area contributed by atoms with Crippen molar-refractivity contribution in [1.82, 2.24) is 4.31 Å². The van der Waals surface area contributed by atoms with Crippen LogP contribution in [0.15, 0.2) is 77.7 Å². The number of sulfonamides is 1. The van der Waals surface area contributed by atoms with E-state index in [1.54, 1.807) is 12.1 Å². The van der Waals surface area contributed by atoms with Crippen molar-refractivity contribution in [2.45, 2.75) is 18.4 Å². The number of benzene rings is 3. The number of amides is 1. The Labute approximate surface area is 177 Å². The second-order valence-electron chi connectivity index (χ2n) is 6.93. The molecule has 0 bridgehead atoms. The maximum atomic E-state index is 13.1. The van der Waals surface area contributed by atoms with Gasteiger partial charge in [0.2, 0.25) is 10.0 Å². The first-order valence-electron chi connectivity index (χ1n) is 9.37. The third-order valence-corrected chi connectivity index (χ3v) is 6.49. The van der Waals surface area contributed by atoms with Crippen LogP contribution in [-0.2, 0) is 16.6 Å². The standard InChI is InChI=1S/C23H24N2O4S/c1-17-9-11-19(12-10-17)23(26)24-21-15-20(13-14-22(21)29-3)30(27,28)25(2)16-18-7-5-4-6-8-18/h4-15H,16H2,1-3H3,(H,24,26). The lowest BCUT2D eigenvalue weighted by Crippen LogP contribution is -2.26. The second kappa shape index (κ2) is 9.11. The Hall–Kier alpha value is -3.16. The highest BCUT2D eigenvalue weighted by Crippen LogP contribution is 2.29. The van der Waals surface area contributed by atoms with Crippen LogP contribution in [0, 0.1) is 6.92 Å². The molecule has 1 N–H and O–H groups in total. The van der Waals surface area contributed by atoms with Crippen molar-refractivity contribution in [3.8, 4) is 5.75 Å². The van der Waals surface area contributed by atoms with Crippen molar-refractivity contribution in [3.05, 3.63) is 89.5 Å². The summed E-state index contributed by atoms with van der Waals surface area (Å²) in [4.78, 5) is 12.7. The molecule has 0 heterocycles. The molecular formula is C23H24N2O4S. The second-order valence-corrected chi connectivity index (χ2v) is 8.97. The van der Waals surface area contributed by atoms with Gasteiger partial charge in [0.15, 0.2) is 0 Å². The Morgan fingerprint density at radius 2 is 1.67 bits per heavy atom. The van der Waals surface area contributed by atoms with Crippen LogP contribution in [0.5, 0.6) is 5.75 Å². The van der Waals surface area contributed by atoms with Crippen LogP contribution in [0.1, 0.15) is 21.5 Å². The minimum atomic E-state index is -3.76. The number of nitrogens with zero attached hydrogens (tertiary/aromatic N) is 1. The van der Waals surface area contributed by atoms with E-state index in [0.717, 1.165) is 11.1 Å². The zero-order valence-corrected chi connectivity index (χ0v) is 17.9. The van der Waals surface area contributed by atoms with E-state index in [1.165, 1.54) is 36.7 Å². The molecule has 0 radical (unpaired) electrons.